The van der Waals surface area contributed by atoms with E-state index in [9.17, 15) is 9.59 Å². The van der Waals surface area contributed by atoms with Crippen LogP contribution in [0, 0.1) is 0 Å². The Balaban J connectivity index is 2.86. The largest absolute Gasteiger partial charge is 0.463 e. The fraction of sp³-hybridized carbons (Fsp3) is 0.250. The van der Waals surface area contributed by atoms with Gasteiger partial charge in [0.25, 0.3) is 0 Å². The van der Waals surface area contributed by atoms with Crippen LogP contribution in [-0.2, 0) is 4.74 Å². The molecular formula is C8H8O5. The van der Waals surface area contributed by atoms with Crippen LogP contribution in [0.3, 0.4) is 0 Å². The number of aliphatic hydroxyl groups is 1. The molecule has 0 saturated carbocycles. The number of ketones is 1. The molecule has 0 aliphatic carbocycles. The van der Waals surface area contributed by atoms with E-state index in [-0.39, 0.29) is 11.5 Å². The van der Waals surface area contributed by atoms with E-state index in [0.717, 1.165) is 0 Å². The molecule has 13 heavy (non-hydrogen) atoms. The molecule has 1 aromatic rings. The first-order chi connectivity index (χ1) is 6.19. The van der Waals surface area contributed by atoms with Crippen LogP contribution < -0.4 is 0 Å². The van der Waals surface area contributed by atoms with E-state index in [0.29, 0.717) is 0 Å². The maximum absolute atomic E-state index is 10.8. The van der Waals surface area contributed by atoms with Crippen LogP contribution in [0.5, 0.6) is 0 Å². The van der Waals surface area contributed by atoms with Crippen molar-refractivity contribution >= 4 is 11.8 Å². The highest BCUT2D eigenvalue weighted by molar-refractivity contribution is 5.96. The molecule has 5 nitrogen and oxygen atoms in total. The predicted octanol–water partition coefficient (Wildman–Crippen LogP) is 0.241. The number of furan rings is 1. The zero-order chi connectivity index (χ0) is 9.84. The highest BCUT2D eigenvalue weighted by Crippen LogP contribution is 2.09. The summed E-state index contributed by atoms with van der Waals surface area (Å²) in [5.41, 5.74) is 0. The fourth-order valence-corrected chi connectivity index (χ4v) is 0.776. The minimum absolute atomic E-state index is 0.0529. The molecule has 1 N–H and O–H groups in total. The van der Waals surface area contributed by atoms with E-state index in [1.54, 1.807) is 0 Å². The maximum atomic E-state index is 10.8. The Bertz CT molecular complexity index is 295. The summed E-state index contributed by atoms with van der Waals surface area (Å²) in [5, 5.41) is 8.47. The van der Waals surface area contributed by atoms with Crippen molar-refractivity contribution in [3.63, 3.8) is 0 Å². The number of ether oxygens (including phenoxy) is 1. The van der Waals surface area contributed by atoms with Gasteiger partial charge in [-0.25, -0.2) is 4.79 Å². The van der Waals surface area contributed by atoms with Crippen LogP contribution in [0.4, 0.5) is 0 Å². The summed E-state index contributed by atoms with van der Waals surface area (Å²) in [6.45, 7) is -0.645. The quantitative estimate of drug-likeness (QED) is 0.537. The lowest BCUT2D eigenvalue weighted by molar-refractivity contribution is 0.0562. The summed E-state index contributed by atoms with van der Waals surface area (Å²) in [6, 6.07) is 2.62. The van der Waals surface area contributed by atoms with Gasteiger partial charge < -0.3 is 14.3 Å². The molecule has 0 aromatic carbocycles. The van der Waals surface area contributed by atoms with E-state index in [4.69, 9.17) is 9.52 Å². The second-order valence-electron chi connectivity index (χ2n) is 2.24. The van der Waals surface area contributed by atoms with Crippen LogP contribution in [0.15, 0.2) is 16.5 Å². The number of carbonyl (C=O) groups excluding carboxylic acids is 2. The Hall–Kier alpha value is -1.62. The van der Waals surface area contributed by atoms with Crippen LogP contribution >= 0.6 is 0 Å². The molecule has 0 atom stereocenters. The molecular weight excluding hydrogens is 176 g/mol. The molecule has 1 heterocycles. The van der Waals surface area contributed by atoms with Crippen LogP contribution in [-0.4, -0.2) is 30.6 Å². The van der Waals surface area contributed by atoms with Crippen molar-refractivity contribution < 1.29 is 23.8 Å². The summed E-state index contributed by atoms with van der Waals surface area (Å²) in [6.07, 6.45) is 0. The molecule has 0 radical (unpaired) electrons. The van der Waals surface area contributed by atoms with Gasteiger partial charge in [-0.05, 0) is 12.1 Å². The van der Waals surface area contributed by atoms with Crippen LogP contribution in [0.2, 0.25) is 0 Å². The molecule has 5 heteroatoms. The molecule has 0 aliphatic heterocycles. The Morgan fingerprint density at radius 3 is 2.62 bits per heavy atom. The van der Waals surface area contributed by atoms with Gasteiger partial charge in [0.15, 0.2) is 5.76 Å². The van der Waals surface area contributed by atoms with Crippen molar-refractivity contribution in [1.82, 2.24) is 0 Å². The second-order valence-corrected chi connectivity index (χ2v) is 2.24. The number of hydrogen-bond acceptors (Lipinski definition) is 5. The van der Waals surface area contributed by atoms with Crippen LogP contribution in [0.1, 0.15) is 21.1 Å². The highest BCUT2D eigenvalue weighted by atomic mass is 16.5. The molecule has 0 unspecified atom stereocenters. The van der Waals surface area contributed by atoms with Crippen molar-refractivity contribution in [2.24, 2.45) is 0 Å². The number of Topliss-reactive ketones (excluding diaryl/α,β-unsaturated/α-hetero) is 1. The minimum atomic E-state index is -0.656. The molecule has 1 rings (SSSR count). The van der Waals surface area contributed by atoms with E-state index < -0.39 is 18.4 Å². The van der Waals surface area contributed by atoms with Gasteiger partial charge in [0, 0.05) is 0 Å². The maximum Gasteiger partial charge on any atom is 0.373 e. The molecule has 1 aromatic heterocycles. The van der Waals surface area contributed by atoms with Crippen LogP contribution in [0.25, 0.3) is 0 Å². The third-order valence-electron chi connectivity index (χ3n) is 1.41. The van der Waals surface area contributed by atoms with Crippen molar-refractivity contribution in [3.05, 3.63) is 23.7 Å². The normalized spacial score (nSPS) is 9.69. The van der Waals surface area contributed by atoms with Gasteiger partial charge in [-0.15, -0.1) is 0 Å². The summed E-state index contributed by atoms with van der Waals surface area (Å²) in [7, 11) is 1.21. The van der Waals surface area contributed by atoms with E-state index >= 15 is 0 Å². The Morgan fingerprint density at radius 2 is 2.08 bits per heavy atom. The van der Waals surface area contributed by atoms with Gasteiger partial charge in [0.2, 0.25) is 11.5 Å². The number of carbonyl (C=O) groups is 2. The van der Waals surface area contributed by atoms with E-state index in [2.05, 4.69) is 4.74 Å². The lowest BCUT2D eigenvalue weighted by atomic mass is 10.3. The predicted molar refractivity (Wildman–Crippen MR) is 41.5 cm³/mol. The molecule has 0 spiro atoms. The SMILES string of the molecule is COC(=O)c1ccc(C(=O)CO)o1. The number of hydrogen-bond donors (Lipinski definition) is 1. The number of methoxy groups -OCH3 is 1. The van der Waals surface area contributed by atoms with Gasteiger partial charge in [-0.2, -0.15) is 0 Å². The monoisotopic (exact) mass is 184 g/mol. The van der Waals surface area contributed by atoms with E-state index in [1.165, 1.54) is 19.2 Å². The third-order valence-corrected chi connectivity index (χ3v) is 1.41. The topological polar surface area (TPSA) is 76.7 Å². The van der Waals surface area contributed by atoms with Gasteiger partial charge in [0.05, 0.1) is 7.11 Å². The van der Waals surface area contributed by atoms with Crippen molar-refractivity contribution in [2.75, 3.05) is 13.7 Å². The molecule has 0 saturated heterocycles. The summed E-state index contributed by atoms with van der Waals surface area (Å²) in [4.78, 5) is 21.7. The van der Waals surface area contributed by atoms with Crippen molar-refractivity contribution in [1.29, 1.82) is 0 Å². The standard InChI is InChI=1S/C8H8O5/c1-12-8(11)7-3-2-6(13-7)5(10)4-9/h2-3,9H,4H2,1H3. The summed E-state index contributed by atoms with van der Waals surface area (Å²) in [5.74, 6) is -1.34. The lowest BCUT2D eigenvalue weighted by Crippen LogP contribution is -2.03. The van der Waals surface area contributed by atoms with Gasteiger partial charge >= 0.3 is 5.97 Å². The van der Waals surface area contributed by atoms with Crippen molar-refractivity contribution in [2.45, 2.75) is 0 Å². The number of rotatable bonds is 3. The first-order valence-corrected chi connectivity index (χ1v) is 3.51. The van der Waals surface area contributed by atoms with Gasteiger partial charge in [-0.1, -0.05) is 0 Å². The highest BCUT2D eigenvalue weighted by Gasteiger charge is 2.14. The first kappa shape index (κ1) is 9.47. The average molecular weight is 184 g/mol. The average Bonchev–Trinajstić information content (AvgIpc) is 2.64. The molecule has 0 amide bonds. The first-order valence-electron chi connectivity index (χ1n) is 3.51. The third kappa shape index (κ3) is 1.94. The Morgan fingerprint density at radius 1 is 1.46 bits per heavy atom. The molecule has 0 fully saturated rings. The molecule has 0 aliphatic rings. The lowest BCUT2D eigenvalue weighted by Gasteiger charge is -1.92. The van der Waals surface area contributed by atoms with E-state index in [1.807, 2.05) is 0 Å². The zero-order valence-electron chi connectivity index (χ0n) is 6.94. The number of aliphatic hydroxyl groups excluding tert-OH is 1. The minimum Gasteiger partial charge on any atom is -0.463 e. The smallest absolute Gasteiger partial charge is 0.373 e. The Kier molecular flexibility index (Phi) is 2.81. The fourth-order valence-electron chi connectivity index (χ4n) is 0.776. The Labute approximate surface area is 73.9 Å². The number of esters is 1. The summed E-state index contributed by atoms with van der Waals surface area (Å²) < 4.78 is 9.16. The van der Waals surface area contributed by atoms with Crippen molar-refractivity contribution in [3.8, 4) is 0 Å². The molecule has 0 bridgehead atoms. The van der Waals surface area contributed by atoms with Gasteiger partial charge in [0.1, 0.15) is 6.61 Å². The second kappa shape index (κ2) is 3.86. The molecule has 70 valence electrons. The summed E-state index contributed by atoms with van der Waals surface area (Å²) >= 11 is 0. The zero-order valence-corrected chi connectivity index (χ0v) is 6.94. The van der Waals surface area contributed by atoms with Gasteiger partial charge in [-0.3, -0.25) is 4.79 Å².